The number of aryl methyl sites for hydroxylation is 1. The summed E-state index contributed by atoms with van der Waals surface area (Å²) in [4.78, 5) is 2.66. The van der Waals surface area contributed by atoms with Crippen LogP contribution in [0.5, 0.6) is 0 Å². The highest BCUT2D eigenvalue weighted by Crippen LogP contribution is 2.25. The van der Waals surface area contributed by atoms with E-state index < -0.39 is 0 Å². The van der Waals surface area contributed by atoms with Crippen LogP contribution in [-0.4, -0.2) is 30.1 Å². The third-order valence-electron chi connectivity index (χ3n) is 4.51. The van der Waals surface area contributed by atoms with Crippen molar-refractivity contribution >= 4 is 0 Å². The summed E-state index contributed by atoms with van der Waals surface area (Å²) in [5, 5.41) is 3.70. The minimum absolute atomic E-state index is 0.502. The van der Waals surface area contributed by atoms with Crippen LogP contribution in [0.15, 0.2) is 24.3 Å². The summed E-state index contributed by atoms with van der Waals surface area (Å²) < 4.78 is 0. The molecule has 2 rings (SSSR count). The zero-order chi connectivity index (χ0) is 14.7. The minimum atomic E-state index is 0.502. The van der Waals surface area contributed by atoms with Crippen molar-refractivity contribution in [3.63, 3.8) is 0 Å². The van der Waals surface area contributed by atoms with Gasteiger partial charge in [0.1, 0.15) is 0 Å². The maximum absolute atomic E-state index is 3.70. The molecule has 1 fully saturated rings. The van der Waals surface area contributed by atoms with E-state index in [2.05, 4.69) is 69.1 Å². The van der Waals surface area contributed by atoms with Gasteiger partial charge in [0.2, 0.25) is 0 Å². The first kappa shape index (κ1) is 15.5. The van der Waals surface area contributed by atoms with Crippen LogP contribution in [0.25, 0.3) is 0 Å². The third kappa shape index (κ3) is 3.83. The summed E-state index contributed by atoms with van der Waals surface area (Å²) in [5.41, 5.74) is 2.78. The average molecular weight is 274 g/mol. The number of hydrogen-bond donors (Lipinski definition) is 1. The SMILES string of the molecule is Cc1ccc(C(C)N2CC(CC(C)C)NCC2C)cc1. The van der Waals surface area contributed by atoms with E-state index in [0.717, 1.165) is 19.0 Å². The molecule has 3 atom stereocenters. The molecule has 1 aliphatic rings. The molecule has 2 nitrogen and oxygen atoms in total. The molecule has 3 unspecified atom stereocenters. The summed E-state index contributed by atoms with van der Waals surface area (Å²) in [5.74, 6) is 0.762. The second-order valence-corrected chi connectivity index (χ2v) is 6.87. The summed E-state index contributed by atoms with van der Waals surface area (Å²) in [6, 6.07) is 10.8. The molecule has 112 valence electrons. The van der Waals surface area contributed by atoms with Crippen LogP contribution in [0.1, 0.15) is 51.3 Å². The molecule has 1 saturated heterocycles. The van der Waals surface area contributed by atoms with E-state index in [1.807, 2.05) is 0 Å². The lowest BCUT2D eigenvalue weighted by Crippen LogP contribution is -2.56. The van der Waals surface area contributed by atoms with Crippen LogP contribution in [0.4, 0.5) is 0 Å². The monoisotopic (exact) mass is 274 g/mol. The molecule has 0 radical (unpaired) electrons. The van der Waals surface area contributed by atoms with Gasteiger partial charge in [-0.15, -0.1) is 0 Å². The zero-order valence-electron chi connectivity index (χ0n) is 13.7. The molecule has 0 aliphatic carbocycles. The maximum atomic E-state index is 3.70. The van der Waals surface area contributed by atoms with Gasteiger partial charge < -0.3 is 5.32 Å². The molecule has 0 saturated carbocycles. The number of rotatable bonds is 4. The molecular formula is C18H30N2. The fourth-order valence-electron chi connectivity index (χ4n) is 3.26. The third-order valence-corrected chi connectivity index (χ3v) is 4.51. The standard InChI is InChI=1S/C18H30N2/c1-13(2)10-18-12-20(15(4)11-19-18)16(5)17-8-6-14(3)7-9-17/h6-9,13,15-16,18-19H,10-12H2,1-5H3. The van der Waals surface area contributed by atoms with E-state index in [1.54, 1.807) is 0 Å². The van der Waals surface area contributed by atoms with Gasteiger partial charge >= 0.3 is 0 Å². The molecule has 1 heterocycles. The van der Waals surface area contributed by atoms with Crippen LogP contribution in [0.3, 0.4) is 0 Å². The van der Waals surface area contributed by atoms with Gasteiger partial charge in [0.15, 0.2) is 0 Å². The quantitative estimate of drug-likeness (QED) is 0.899. The molecule has 0 aromatic heterocycles. The molecule has 1 aromatic carbocycles. The van der Waals surface area contributed by atoms with E-state index in [0.29, 0.717) is 18.1 Å². The van der Waals surface area contributed by atoms with Crippen LogP contribution in [-0.2, 0) is 0 Å². The largest absolute Gasteiger partial charge is 0.311 e. The second kappa shape index (κ2) is 6.73. The zero-order valence-corrected chi connectivity index (χ0v) is 13.7. The Labute approximate surface area is 124 Å². The van der Waals surface area contributed by atoms with Crippen LogP contribution in [0.2, 0.25) is 0 Å². The van der Waals surface area contributed by atoms with Crippen molar-refractivity contribution in [2.75, 3.05) is 13.1 Å². The van der Waals surface area contributed by atoms with Gasteiger partial charge in [-0.05, 0) is 38.7 Å². The van der Waals surface area contributed by atoms with Crippen molar-refractivity contribution in [3.8, 4) is 0 Å². The fraction of sp³-hybridized carbons (Fsp3) is 0.667. The van der Waals surface area contributed by atoms with E-state index in [-0.39, 0.29) is 0 Å². The van der Waals surface area contributed by atoms with Crippen molar-refractivity contribution in [1.29, 1.82) is 0 Å². The first-order valence-electron chi connectivity index (χ1n) is 8.03. The highest BCUT2D eigenvalue weighted by molar-refractivity contribution is 5.24. The van der Waals surface area contributed by atoms with E-state index >= 15 is 0 Å². The Balaban J connectivity index is 2.06. The van der Waals surface area contributed by atoms with Crippen LogP contribution in [0, 0.1) is 12.8 Å². The molecule has 1 N–H and O–H groups in total. The van der Waals surface area contributed by atoms with Gasteiger partial charge in [-0.25, -0.2) is 0 Å². The van der Waals surface area contributed by atoms with Crippen molar-refractivity contribution in [3.05, 3.63) is 35.4 Å². The van der Waals surface area contributed by atoms with Crippen molar-refractivity contribution < 1.29 is 0 Å². The van der Waals surface area contributed by atoms with Gasteiger partial charge in [0, 0.05) is 31.2 Å². The Morgan fingerprint density at radius 1 is 1.20 bits per heavy atom. The lowest BCUT2D eigenvalue weighted by atomic mass is 9.97. The molecule has 1 aliphatic heterocycles. The molecule has 20 heavy (non-hydrogen) atoms. The predicted molar refractivity (Wildman–Crippen MR) is 87.0 cm³/mol. The number of benzene rings is 1. The van der Waals surface area contributed by atoms with E-state index in [9.17, 15) is 0 Å². The summed E-state index contributed by atoms with van der Waals surface area (Å²) >= 11 is 0. The lowest BCUT2D eigenvalue weighted by molar-refractivity contribution is 0.0923. The van der Waals surface area contributed by atoms with Gasteiger partial charge in [-0.1, -0.05) is 43.7 Å². The average Bonchev–Trinajstić information content (AvgIpc) is 2.40. The Hall–Kier alpha value is -0.860. The van der Waals surface area contributed by atoms with Crippen molar-refractivity contribution in [2.24, 2.45) is 5.92 Å². The Morgan fingerprint density at radius 2 is 1.85 bits per heavy atom. The van der Waals surface area contributed by atoms with Gasteiger partial charge in [-0.2, -0.15) is 0 Å². The Morgan fingerprint density at radius 3 is 2.45 bits per heavy atom. The Bertz CT molecular complexity index is 410. The highest BCUT2D eigenvalue weighted by Gasteiger charge is 2.29. The molecule has 0 bridgehead atoms. The molecule has 2 heteroatoms. The van der Waals surface area contributed by atoms with Gasteiger partial charge in [0.25, 0.3) is 0 Å². The highest BCUT2D eigenvalue weighted by atomic mass is 15.2. The number of nitrogens with zero attached hydrogens (tertiary/aromatic N) is 1. The topological polar surface area (TPSA) is 15.3 Å². The number of hydrogen-bond acceptors (Lipinski definition) is 2. The number of nitrogens with one attached hydrogen (secondary N) is 1. The van der Waals surface area contributed by atoms with Gasteiger partial charge in [0.05, 0.1) is 0 Å². The first-order chi connectivity index (χ1) is 9.47. The molecular weight excluding hydrogens is 244 g/mol. The smallest absolute Gasteiger partial charge is 0.0323 e. The van der Waals surface area contributed by atoms with Crippen molar-refractivity contribution in [2.45, 2.75) is 59.2 Å². The summed E-state index contributed by atoms with van der Waals surface area (Å²) in [6.45, 7) is 13.7. The maximum Gasteiger partial charge on any atom is 0.0323 e. The van der Waals surface area contributed by atoms with E-state index in [4.69, 9.17) is 0 Å². The number of piperazine rings is 1. The summed E-state index contributed by atoms with van der Waals surface area (Å²) in [7, 11) is 0. The molecule has 0 spiro atoms. The van der Waals surface area contributed by atoms with Crippen LogP contribution >= 0.6 is 0 Å². The predicted octanol–water partition coefficient (Wildman–Crippen LogP) is 3.76. The summed E-state index contributed by atoms with van der Waals surface area (Å²) in [6.07, 6.45) is 1.27. The van der Waals surface area contributed by atoms with Crippen molar-refractivity contribution in [1.82, 2.24) is 10.2 Å². The molecule has 0 amide bonds. The second-order valence-electron chi connectivity index (χ2n) is 6.87. The normalized spacial score (nSPS) is 25.9. The first-order valence-corrected chi connectivity index (χ1v) is 8.03. The van der Waals surface area contributed by atoms with Crippen LogP contribution < -0.4 is 5.32 Å². The van der Waals surface area contributed by atoms with E-state index in [1.165, 1.54) is 17.5 Å². The lowest BCUT2D eigenvalue weighted by Gasteiger charge is -2.43. The van der Waals surface area contributed by atoms with Gasteiger partial charge in [-0.3, -0.25) is 4.90 Å². The molecule has 1 aromatic rings. The Kier molecular flexibility index (Phi) is 5.22. The fourth-order valence-corrected chi connectivity index (χ4v) is 3.26. The minimum Gasteiger partial charge on any atom is -0.311 e.